The van der Waals surface area contributed by atoms with Crippen LogP contribution >= 0.6 is 0 Å². The molecule has 0 heterocycles. The first-order valence-corrected chi connectivity index (χ1v) is 12.7. The molecular formula is C28H38O6. The van der Waals surface area contributed by atoms with E-state index >= 15 is 0 Å². The van der Waals surface area contributed by atoms with Crippen LogP contribution in [0.15, 0.2) is 36.4 Å². The van der Waals surface area contributed by atoms with Crippen LogP contribution < -0.4 is 4.74 Å². The molecule has 0 saturated heterocycles. The van der Waals surface area contributed by atoms with Crippen LogP contribution in [0.2, 0.25) is 0 Å². The zero-order chi connectivity index (χ0) is 24.3. The van der Waals surface area contributed by atoms with Crippen molar-refractivity contribution in [1.29, 1.82) is 0 Å². The van der Waals surface area contributed by atoms with Crippen LogP contribution in [0, 0.1) is 11.8 Å². The SMILES string of the molecule is C=C(C)C(=O)OCCCCOC(=O)C1CCC(C(=O)Oc2ccc(C3CCCCC3)cc2)CC1. The minimum absolute atomic E-state index is 0.167. The maximum Gasteiger partial charge on any atom is 0.333 e. The Bertz CT molecular complexity index is 829. The van der Waals surface area contributed by atoms with Crippen LogP contribution in [0.3, 0.4) is 0 Å². The third-order valence-electron chi connectivity index (χ3n) is 6.93. The molecule has 0 aromatic heterocycles. The Morgan fingerprint density at radius 1 is 0.794 bits per heavy atom. The van der Waals surface area contributed by atoms with Gasteiger partial charge in [0.25, 0.3) is 0 Å². The van der Waals surface area contributed by atoms with Gasteiger partial charge in [-0.2, -0.15) is 0 Å². The smallest absolute Gasteiger partial charge is 0.333 e. The van der Waals surface area contributed by atoms with Gasteiger partial charge < -0.3 is 14.2 Å². The number of benzene rings is 1. The highest BCUT2D eigenvalue weighted by atomic mass is 16.5. The van der Waals surface area contributed by atoms with Crippen molar-refractivity contribution < 1.29 is 28.6 Å². The van der Waals surface area contributed by atoms with Gasteiger partial charge in [-0.3, -0.25) is 9.59 Å². The summed E-state index contributed by atoms with van der Waals surface area (Å²) in [6, 6.07) is 8.00. The second-order valence-corrected chi connectivity index (χ2v) is 9.66. The number of rotatable bonds is 10. The molecule has 186 valence electrons. The average molecular weight is 471 g/mol. The highest BCUT2D eigenvalue weighted by Gasteiger charge is 2.32. The van der Waals surface area contributed by atoms with E-state index < -0.39 is 5.97 Å². The number of hydrogen-bond acceptors (Lipinski definition) is 6. The van der Waals surface area contributed by atoms with Gasteiger partial charge in [0.1, 0.15) is 5.75 Å². The third kappa shape index (κ3) is 8.00. The minimum Gasteiger partial charge on any atom is -0.465 e. The molecule has 0 aliphatic heterocycles. The van der Waals surface area contributed by atoms with Crippen LogP contribution in [-0.2, 0) is 23.9 Å². The molecule has 0 unspecified atom stereocenters. The van der Waals surface area contributed by atoms with Crippen molar-refractivity contribution in [3.05, 3.63) is 42.0 Å². The molecule has 0 bridgehead atoms. The Labute approximate surface area is 203 Å². The third-order valence-corrected chi connectivity index (χ3v) is 6.93. The molecule has 0 spiro atoms. The fourth-order valence-corrected chi connectivity index (χ4v) is 4.79. The lowest BCUT2D eigenvalue weighted by molar-refractivity contribution is -0.152. The second kappa shape index (κ2) is 13.3. The van der Waals surface area contributed by atoms with E-state index in [-0.39, 0.29) is 23.8 Å². The normalized spacial score (nSPS) is 20.9. The van der Waals surface area contributed by atoms with E-state index in [1.807, 2.05) is 12.1 Å². The summed E-state index contributed by atoms with van der Waals surface area (Å²) in [6.07, 6.45) is 10.2. The highest BCUT2D eigenvalue weighted by molar-refractivity contribution is 5.86. The van der Waals surface area contributed by atoms with Gasteiger partial charge in [0.2, 0.25) is 0 Å². The summed E-state index contributed by atoms with van der Waals surface area (Å²) in [5.74, 6) is 0.0760. The topological polar surface area (TPSA) is 78.9 Å². The number of ether oxygens (including phenoxy) is 3. The zero-order valence-electron chi connectivity index (χ0n) is 20.4. The molecule has 2 fully saturated rings. The Hall–Kier alpha value is -2.63. The van der Waals surface area contributed by atoms with Gasteiger partial charge in [-0.05, 0) is 81.9 Å². The maximum absolute atomic E-state index is 12.6. The van der Waals surface area contributed by atoms with E-state index in [1.165, 1.54) is 37.7 Å². The second-order valence-electron chi connectivity index (χ2n) is 9.66. The van der Waals surface area contributed by atoms with E-state index in [4.69, 9.17) is 14.2 Å². The van der Waals surface area contributed by atoms with Crippen molar-refractivity contribution in [1.82, 2.24) is 0 Å². The number of carbonyl (C=O) groups excluding carboxylic acids is 3. The molecule has 2 aliphatic carbocycles. The quantitative estimate of drug-likeness (QED) is 0.184. The van der Waals surface area contributed by atoms with Gasteiger partial charge in [0.05, 0.1) is 25.0 Å². The summed E-state index contributed by atoms with van der Waals surface area (Å²) in [5, 5.41) is 0. The van der Waals surface area contributed by atoms with Crippen LogP contribution in [0.25, 0.3) is 0 Å². The summed E-state index contributed by atoms with van der Waals surface area (Å²) in [4.78, 5) is 36.2. The average Bonchev–Trinajstić information content (AvgIpc) is 2.86. The van der Waals surface area contributed by atoms with Crippen molar-refractivity contribution in [2.75, 3.05) is 13.2 Å². The Balaban J connectivity index is 1.31. The van der Waals surface area contributed by atoms with Crippen LogP contribution in [0.5, 0.6) is 5.75 Å². The largest absolute Gasteiger partial charge is 0.465 e. The molecule has 6 nitrogen and oxygen atoms in total. The lowest BCUT2D eigenvalue weighted by Crippen LogP contribution is -2.29. The molecular weight excluding hydrogens is 432 g/mol. The Morgan fingerprint density at radius 3 is 1.94 bits per heavy atom. The van der Waals surface area contributed by atoms with E-state index in [0.717, 1.165) is 0 Å². The van der Waals surface area contributed by atoms with Crippen molar-refractivity contribution in [2.24, 2.45) is 11.8 Å². The Morgan fingerprint density at radius 2 is 1.35 bits per heavy atom. The summed E-state index contributed by atoms with van der Waals surface area (Å²) in [7, 11) is 0. The van der Waals surface area contributed by atoms with E-state index in [1.54, 1.807) is 6.92 Å². The van der Waals surface area contributed by atoms with Gasteiger partial charge >= 0.3 is 17.9 Å². The lowest BCUT2D eigenvalue weighted by atomic mass is 9.82. The molecule has 2 saturated carbocycles. The number of unbranched alkanes of at least 4 members (excludes halogenated alkanes) is 1. The molecule has 1 aromatic carbocycles. The van der Waals surface area contributed by atoms with Crippen molar-refractivity contribution in [2.45, 2.75) is 83.5 Å². The van der Waals surface area contributed by atoms with Gasteiger partial charge in [0.15, 0.2) is 0 Å². The fraction of sp³-hybridized carbons (Fsp3) is 0.607. The molecule has 1 aromatic rings. The first kappa shape index (κ1) is 26.0. The van der Waals surface area contributed by atoms with Crippen LogP contribution in [0.1, 0.15) is 89.0 Å². The van der Waals surface area contributed by atoms with Crippen molar-refractivity contribution in [3.63, 3.8) is 0 Å². The fourth-order valence-electron chi connectivity index (χ4n) is 4.79. The molecule has 0 N–H and O–H groups in total. The lowest BCUT2D eigenvalue weighted by Gasteiger charge is -2.26. The molecule has 34 heavy (non-hydrogen) atoms. The number of hydrogen-bond donors (Lipinski definition) is 0. The van der Waals surface area contributed by atoms with E-state index in [2.05, 4.69) is 18.7 Å². The molecule has 2 aliphatic rings. The Kier molecular flexibility index (Phi) is 10.2. The predicted molar refractivity (Wildman–Crippen MR) is 129 cm³/mol. The number of esters is 3. The molecule has 0 atom stereocenters. The van der Waals surface area contributed by atoms with Crippen molar-refractivity contribution >= 4 is 17.9 Å². The summed E-state index contributed by atoms with van der Waals surface area (Å²) >= 11 is 0. The van der Waals surface area contributed by atoms with E-state index in [0.29, 0.717) is 69.0 Å². The first-order valence-electron chi connectivity index (χ1n) is 12.7. The first-order chi connectivity index (χ1) is 16.4. The molecule has 0 amide bonds. The van der Waals surface area contributed by atoms with Crippen LogP contribution in [0.4, 0.5) is 0 Å². The van der Waals surface area contributed by atoms with Gasteiger partial charge in [-0.15, -0.1) is 0 Å². The molecule has 3 rings (SSSR count). The molecule has 0 radical (unpaired) electrons. The maximum atomic E-state index is 12.6. The van der Waals surface area contributed by atoms with Crippen LogP contribution in [-0.4, -0.2) is 31.1 Å². The molecule has 6 heteroatoms. The summed E-state index contributed by atoms with van der Waals surface area (Å²) in [5.41, 5.74) is 1.71. The summed E-state index contributed by atoms with van der Waals surface area (Å²) in [6.45, 7) is 5.73. The predicted octanol–water partition coefficient (Wildman–Crippen LogP) is 5.89. The number of carbonyl (C=O) groups is 3. The summed E-state index contributed by atoms with van der Waals surface area (Å²) < 4.78 is 16.0. The van der Waals surface area contributed by atoms with Gasteiger partial charge in [-0.1, -0.05) is 38.0 Å². The minimum atomic E-state index is -0.399. The van der Waals surface area contributed by atoms with E-state index in [9.17, 15) is 14.4 Å². The highest BCUT2D eigenvalue weighted by Crippen LogP contribution is 2.34. The zero-order valence-corrected chi connectivity index (χ0v) is 20.4. The van der Waals surface area contributed by atoms with Gasteiger partial charge in [-0.25, -0.2) is 4.79 Å². The monoisotopic (exact) mass is 470 g/mol. The standard InChI is InChI=1S/C28H38O6/c1-20(2)26(29)32-18-6-7-19-33-27(30)23-10-12-24(13-11-23)28(31)34-25-16-14-22(15-17-25)21-8-4-3-5-9-21/h14-17,21,23-24H,1,3-13,18-19H2,2H3. The van der Waals surface area contributed by atoms with Gasteiger partial charge in [0, 0.05) is 5.57 Å². The van der Waals surface area contributed by atoms with Crippen molar-refractivity contribution in [3.8, 4) is 5.75 Å².